The molecule has 0 unspecified atom stereocenters. The normalized spacial score (nSPS) is 18.5. The van der Waals surface area contributed by atoms with Crippen LogP contribution in [0, 0.1) is 11.2 Å². The summed E-state index contributed by atoms with van der Waals surface area (Å²) in [6.07, 6.45) is 4.65. The fourth-order valence-electron chi connectivity index (χ4n) is 5.80. The number of ketones is 1. The maximum absolute atomic E-state index is 16.6. The highest BCUT2D eigenvalue weighted by Crippen LogP contribution is 2.52. The molecule has 0 bridgehead atoms. The third-order valence-electron chi connectivity index (χ3n) is 8.44. The van der Waals surface area contributed by atoms with Crippen LogP contribution in [0.5, 0.6) is 0 Å². The summed E-state index contributed by atoms with van der Waals surface area (Å²) < 4.78 is 50.3. The van der Waals surface area contributed by atoms with Gasteiger partial charge in [0.05, 0.1) is 46.3 Å². The molecule has 238 valence electrons. The van der Waals surface area contributed by atoms with Gasteiger partial charge in [-0.1, -0.05) is 41.4 Å². The molecule has 0 saturated heterocycles. The maximum atomic E-state index is 16.6. The van der Waals surface area contributed by atoms with Crippen molar-refractivity contribution in [2.24, 2.45) is 18.2 Å². The highest BCUT2D eigenvalue weighted by molar-refractivity contribution is 7.90. The Bertz CT molecular complexity index is 2050. The zero-order valence-corrected chi connectivity index (χ0v) is 26.9. The van der Waals surface area contributed by atoms with E-state index in [-0.39, 0.29) is 56.5 Å². The Balaban J connectivity index is 1.59. The lowest BCUT2D eigenvalue weighted by Gasteiger charge is -2.40. The Morgan fingerprint density at radius 2 is 1.72 bits per heavy atom. The Labute approximate surface area is 273 Å². The second kappa shape index (κ2) is 11.3. The van der Waals surface area contributed by atoms with Crippen molar-refractivity contribution in [2.45, 2.75) is 30.0 Å². The number of aryl methyl sites for hydroxylation is 1. The van der Waals surface area contributed by atoms with Crippen LogP contribution in [0.15, 0.2) is 71.9 Å². The van der Waals surface area contributed by atoms with Crippen LogP contribution in [0.2, 0.25) is 10.0 Å². The summed E-state index contributed by atoms with van der Waals surface area (Å²) in [5.74, 6) is -2.85. The Hall–Kier alpha value is -4.10. The highest BCUT2D eigenvalue weighted by Gasteiger charge is 2.58. The first kappa shape index (κ1) is 31.9. The van der Waals surface area contributed by atoms with Gasteiger partial charge >= 0.3 is 0 Å². The van der Waals surface area contributed by atoms with E-state index in [0.717, 1.165) is 12.3 Å². The average molecular weight is 686 g/mol. The summed E-state index contributed by atoms with van der Waals surface area (Å²) in [5.41, 5.74) is 2.77. The minimum absolute atomic E-state index is 0.108. The molecule has 2 heterocycles. The first-order chi connectivity index (χ1) is 21.7. The van der Waals surface area contributed by atoms with Crippen LogP contribution < -0.4 is 5.73 Å². The molecule has 4 aromatic rings. The molecule has 2 aliphatic rings. The van der Waals surface area contributed by atoms with E-state index < -0.39 is 44.4 Å². The molecule has 1 saturated carbocycles. The summed E-state index contributed by atoms with van der Waals surface area (Å²) in [6, 6.07) is 12.7. The minimum atomic E-state index is -3.85. The van der Waals surface area contributed by atoms with Gasteiger partial charge in [-0.3, -0.25) is 24.0 Å². The van der Waals surface area contributed by atoms with Crippen molar-refractivity contribution >= 4 is 50.6 Å². The summed E-state index contributed by atoms with van der Waals surface area (Å²) in [5, 5.41) is 4.51. The molecule has 2 N–H and O–H groups in total. The number of ether oxygens (including phenoxy) is 1. The average Bonchev–Trinajstić information content (AvgIpc) is 3.62. The number of rotatable bonds is 10. The zero-order chi connectivity index (χ0) is 33.2. The van der Waals surface area contributed by atoms with Crippen molar-refractivity contribution in [3.63, 3.8) is 0 Å². The van der Waals surface area contributed by atoms with E-state index in [9.17, 15) is 22.8 Å². The number of nitrogens with two attached hydrogens (primary N) is 1. The number of fused-ring (bicyclic) bond motifs is 1. The van der Waals surface area contributed by atoms with E-state index in [1.54, 1.807) is 19.2 Å². The molecular formula is C32H27Cl2FN4O6S. The summed E-state index contributed by atoms with van der Waals surface area (Å²) in [4.78, 5) is 41.3. The van der Waals surface area contributed by atoms with Crippen molar-refractivity contribution in [3.8, 4) is 0 Å². The number of amides is 2. The number of sulfone groups is 1. The summed E-state index contributed by atoms with van der Waals surface area (Å²) in [6.45, 7) is -0.659. The van der Waals surface area contributed by atoms with Crippen LogP contribution in [-0.4, -0.2) is 53.6 Å². The van der Waals surface area contributed by atoms with Crippen LogP contribution >= 0.6 is 23.2 Å². The predicted molar refractivity (Wildman–Crippen MR) is 167 cm³/mol. The second-order valence-electron chi connectivity index (χ2n) is 11.6. The third-order valence-corrected chi connectivity index (χ3v) is 10.1. The van der Waals surface area contributed by atoms with Crippen molar-refractivity contribution in [1.82, 2.24) is 14.7 Å². The first-order valence-electron chi connectivity index (χ1n) is 14.0. The molecule has 1 aliphatic heterocycles. The smallest absolute Gasteiger partial charge is 0.257 e. The molecule has 1 atom stereocenters. The van der Waals surface area contributed by atoms with Gasteiger partial charge in [-0.2, -0.15) is 5.10 Å². The SMILES string of the molecule is Cn1cc(C(=O)c2cc(F)c3c(c2)C(=O)N(Cc2ccc(Cl)cc2S(C)(=O)=O)[C@@]3(OCC2(C(N)=O)CC2)c2ccc(Cl)cc2)cn1. The van der Waals surface area contributed by atoms with Gasteiger partial charge in [0.1, 0.15) is 5.82 Å². The molecule has 1 aliphatic carbocycles. The number of halogens is 3. The van der Waals surface area contributed by atoms with Gasteiger partial charge in [-0.15, -0.1) is 0 Å². The fraction of sp³-hybridized carbons (Fsp3) is 0.250. The molecule has 1 aromatic heterocycles. The molecule has 2 amide bonds. The molecule has 0 radical (unpaired) electrons. The van der Waals surface area contributed by atoms with Gasteiger partial charge < -0.3 is 10.5 Å². The molecular weight excluding hydrogens is 658 g/mol. The summed E-state index contributed by atoms with van der Waals surface area (Å²) >= 11 is 12.4. The topological polar surface area (TPSA) is 142 Å². The number of carbonyl (C=O) groups excluding carboxylic acids is 3. The van der Waals surface area contributed by atoms with Gasteiger partial charge in [-0.25, -0.2) is 12.8 Å². The number of benzene rings is 3. The molecule has 6 rings (SSSR count). The maximum Gasteiger partial charge on any atom is 0.257 e. The second-order valence-corrected chi connectivity index (χ2v) is 14.5. The van der Waals surface area contributed by atoms with Gasteiger partial charge in [0.25, 0.3) is 5.91 Å². The number of nitrogens with zero attached hydrogens (tertiary/aromatic N) is 3. The highest BCUT2D eigenvalue weighted by atomic mass is 35.5. The lowest BCUT2D eigenvalue weighted by Crippen LogP contribution is -2.48. The van der Waals surface area contributed by atoms with Crippen LogP contribution in [0.25, 0.3) is 0 Å². The minimum Gasteiger partial charge on any atom is -0.369 e. The molecule has 10 nitrogen and oxygen atoms in total. The summed E-state index contributed by atoms with van der Waals surface area (Å²) in [7, 11) is -2.23. The van der Waals surface area contributed by atoms with Crippen LogP contribution in [0.4, 0.5) is 4.39 Å². The number of hydrogen-bond donors (Lipinski definition) is 1. The van der Waals surface area contributed by atoms with Crippen molar-refractivity contribution < 1.29 is 31.9 Å². The first-order valence-corrected chi connectivity index (χ1v) is 16.7. The molecule has 14 heteroatoms. The van der Waals surface area contributed by atoms with E-state index in [1.807, 2.05) is 0 Å². The number of primary amides is 1. The standard InChI is InChI=1S/C32H27Cl2FN4O6S/c1-38-15-20(14-37-38)28(40)19-11-24-27(25(35)12-19)32(21-4-7-22(33)8-5-21,45-17-31(9-10-31)30(36)42)39(29(24)41)16-18-3-6-23(34)13-26(18)46(2,43)44/h3-8,11-15H,9-10,16-17H2,1-2H3,(H2,36,42)/t32-/m1/s1. The van der Waals surface area contributed by atoms with E-state index in [1.165, 1.54) is 58.4 Å². The Morgan fingerprint density at radius 1 is 1.04 bits per heavy atom. The van der Waals surface area contributed by atoms with Gasteiger partial charge in [0.2, 0.25) is 5.91 Å². The van der Waals surface area contributed by atoms with Crippen molar-refractivity contribution in [1.29, 1.82) is 0 Å². The Kier molecular flexibility index (Phi) is 7.83. The molecule has 0 spiro atoms. The van der Waals surface area contributed by atoms with Crippen LogP contribution in [0.1, 0.15) is 55.8 Å². The van der Waals surface area contributed by atoms with Gasteiger partial charge in [0.15, 0.2) is 21.3 Å². The monoisotopic (exact) mass is 684 g/mol. The third kappa shape index (κ3) is 5.38. The fourth-order valence-corrected chi connectivity index (χ4v) is 7.11. The van der Waals surface area contributed by atoms with Crippen molar-refractivity contribution in [2.75, 3.05) is 12.9 Å². The van der Waals surface area contributed by atoms with Crippen LogP contribution in [0.3, 0.4) is 0 Å². The van der Waals surface area contributed by atoms with Crippen LogP contribution in [-0.2, 0) is 38.7 Å². The molecule has 46 heavy (non-hydrogen) atoms. The lowest BCUT2D eigenvalue weighted by molar-refractivity contribution is -0.142. The quantitative estimate of drug-likeness (QED) is 0.240. The number of aromatic nitrogens is 2. The lowest BCUT2D eigenvalue weighted by atomic mass is 9.90. The zero-order valence-electron chi connectivity index (χ0n) is 24.6. The molecule has 3 aromatic carbocycles. The van der Waals surface area contributed by atoms with E-state index >= 15 is 4.39 Å². The van der Waals surface area contributed by atoms with Gasteiger partial charge in [-0.05, 0) is 54.8 Å². The number of carbonyl (C=O) groups is 3. The Morgan fingerprint density at radius 3 is 2.30 bits per heavy atom. The predicted octanol–water partition coefficient (Wildman–Crippen LogP) is 4.64. The van der Waals surface area contributed by atoms with Crippen molar-refractivity contribution in [3.05, 3.63) is 116 Å². The van der Waals surface area contributed by atoms with E-state index in [4.69, 9.17) is 33.7 Å². The number of hydrogen-bond acceptors (Lipinski definition) is 7. The largest absolute Gasteiger partial charge is 0.369 e. The van der Waals surface area contributed by atoms with Gasteiger partial charge in [0, 0.05) is 40.7 Å². The van der Waals surface area contributed by atoms with E-state index in [2.05, 4.69) is 5.10 Å². The molecule has 1 fully saturated rings. The van der Waals surface area contributed by atoms with E-state index in [0.29, 0.717) is 17.9 Å².